The van der Waals surface area contributed by atoms with Gasteiger partial charge in [-0.15, -0.1) is 0 Å². The minimum absolute atomic E-state index is 0.0327. The largest absolute Gasteiger partial charge is 0.492 e. The topological polar surface area (TPSA) is 55.8 Å². The molecule has 0 amide bonds. The number of aromatic carboxylic acids is 1. The second kappa shape index (κ2) is 5.55. The third kappa shape index (κ3) is 2.76. The van der Waals surface area contributed by atoms with Crippen LogP contribution in [0.25, 0.3) is 0 Å². The Kier molecular flexibility index (Phi) is 4.37. The first kappa shape index (κ1) is 12.6. The summed E-state index contributed by atoms with van der Waals surface area (Å²) in [7, 11) is 1.30. The smallest absolute Gasteiger partial charge is 0.339 e. The predicted octanol–water partition coefficient (Wildman–Crippen LogP) is 2.40. The molecular formula is C10H10ClFO4. The standard InChI is InChI=1S/C10H10ClFO4/c1-15-9-7(10(13)14)4-6(11)5-8(9)16-3-2-12/h4-5H,2-3H2,1H3,(H,13,14). The molecule has 0 saturated heterocycles. The van der Waals surface area contributed by atoms with Crippen LogP contribution in [0, 0.1) is 0 Å². The van der Waals surface area contributed by atoms with Crippen molar-refractivity contribution in [3.8, 4) is 11.5 Å². The second-order valence-corrected chi connectivity index (χ2v) is 3.26. The van der Waals surface area contributed by atoms with Crippen LogP contribution in [-0.2, 0) is 0 Å². The minimum atomic E-state index is -1.19. The zero-order valence-corrected chi connectivity index (χ0v) is 9.25. The number of carboxylic acid groups (broad SMARTS) is 1. The molecule has 0 aromatic heterocycles. The zero-order chi connectivity index (χ0) is 12.1. The van der Waals surface area contributed by atoms with Crippen molar-refractivity contribution in [3.05, 3.63) is 22.7 Å². The fourth-order valence-electron chi connectivity index (χ4n) is 1.19. The number of carbonyl (C=O) groups is 1. The summed E-state index contributed by atoms with van der Waals surface area (Å²) < 4.78 is 21.9. The average molecular weight is 249 g/mol. The van der Waals surface area contributed by atoms with E-state index in [2.05, 4.69) is 0 Å². The molecule has 0 heterocycles. The Bertz CT molecular complexity index is 395. The molecule has 0 spiro atoms. The summed E-state index contributed by atoms with van der Waals surface area (Å²) in [4.78, 5) is 10.9. The van der Waals surface area contributed by atoms with E-state index in [4.69, 9.17) is 26.2 Å². The maximum Gasteiger partial charge on any atom is 0.339 e. The van der Waals surface area contributed by atoms with Gasteiger partial charge in [-0.1, -0.05) is 11.6 Å². The molecule has 0 aliphatic carbocycles. The Balaban J connectivity index is 3.19. The van der Waals surface area contributed by atoms with Gasteiger partial charge in [0.15, 0.2) is 11.5 Å². The number of halogens is 2. The lowest BCUT2D eigenvalue weighted by Gasteiger charge is -2.12. The Morgan fingerprint density at radius 2 is 2.25 bits per heavy atom. The number of rotatable bonds is 5. The van der Waals surface area contributed by atoms with Gasteiger partial charge < -0.3 is 14.6 Å². The van der Waals surface area contributed by atoms with E-state index in [-0.39, 0.29) is 28.7 Å². The highest BCUT2D eigenvalue weighted by Gasteiger charge is 2.17. The monoisotopic (exact) mass is 248 g/mol. The molecule has 0 atom stereocenters. The molecule has 0 bridgehead atoms. The fraction of sp³-hybridized carbons (Fsp3) is 0.300. The number of hydrogen-bond acceptors (Lipinski definition) is 3. The van der Waals surface area contributed by atoms with Crippen LogP contribution in [0.5, 0.6) is 11.5 Å². The first-order chi connectivity index (χ1) is 7.60. The van der Waals surface area contributed by atoms with E-state index in [0.717, 1.165) is 0 Å². The Morgan fingerprint density at radius 3 is 2.75 bits per heavy atom. The summed E-state index contributed by atoms with van der Waals surface area (Å²) in [6.45, 7) is -0.867. The van der Waals surface area contributed by atoms with Crippen LogP contribution in [0.4, 0.5) is 4.39 Å². The van der Waals surface area contributed by atoms with E-state index < -0.39 is 12.6 Å². The molecule has 16 heavy (non-hydrogen) atoms. The van der Waals surface area contributed by atoms with Crippen LogP contribution in [-0.4, -0.2) is 31.5 Å². The molecule has 0 radical (unpaired) electrons. The Labute approximate surface area is 96.5 Å². The molecule has 6 heteroatoms. The molecule has 0 aliphatic rings. The Hall–Kier alpha value is -1.49. The predicted molar refractivity (Wildman–Crippen MR) is 56.4 cm³/mol. The van der Waals surface area contributed by atoms with Gasteiger partial charge in [0.1, 0.15) is 18.8 Å². The highest BCUT2D eigenvalue weighted by Crippen LogP contribution is 2.34. The van der Waals surface area contributed by atoms with E-state index in [1.807, 2.05) is 0 Å². The lowest BCUT2D eigenvalue weighted by molar-refractivity contribution is 0.0692. The van der Waals surface area contributed by atoms with Gasteiger partial charge in [0, 0.05) is 11.1 Å². The van der Waals surface area contributed by atoms with Crippen molar-refractivity contribution in [2.24, 2.45) is 0 Å². The van der Waals surface area contributed by atoms with Gasteiger partial charge in [-0.3, -0.25) is 0 Å². The number of methoxy groups -OCH3 is 1. The van der Waals surface area contributed by atoms with Crippen LogP contribution in [0.2, 0.25) is 5.02 Å². The van der Waals surface area contributed by atoms with Gasteiger partial charge in [-0.05, 0) is 6.07 Å². The summed E-state index contributed by atoms with van der Waals surface area (Å²) in [5.74, 6) is -1.04. The van der Waals surface area contributed by atoms with Crippen LogP contribution < -0.4 is 9.47 Å². The molecule has 1 rings (SSSR count). The highest BCUT2D eigenvalue weighted by atomic mass is 35.5. The van der Waals surface area contributed by atoms with Crippen molar-refractivity contribution in [2.45, 2.75) is 0 Å². The van der Waals surface area contributed by atoms with Crippen molar-refractivity contribution in [2.75, 3.05) is 20.4 Å². The SMILES string of the molecule is COc1c(OCCF)cc(Cl)cc1C(=O)O. The second-order valence-electron chi connectivity index (χ2n) is 2.83. The molecule has 0 fully saturated rings. The van der Waals surface area contributed by atoms with Gasteiger partial charge in [-0.25, -0.2) is 9.18 Å². The van der Waals surface area contributed by atoms with Gasteiger partial charge in [0.25, 0.3) is 0 Å². The maximum absolute atomic E-state index is 12.0. The van der Waals surface area contributed by atoms with Crippen molar-refractivity contribution in [1.82, 2.24) is 0 Å². The van der Waals surface area contributed by atoms with Crippen molar-refractivity contribution >= 4 is 17.6 Å². The molecule has 88 valence electrons. The van der Waals surface area contributed by atoms with Gasteiger partial charge in [-0.2, -0.15) is 0 Å². The third-order valence-corrected chi connectivity index (χ3v) is 2.01. The normalized spacial score (nSPS) is 9.94. The summed E-state index contributed by atoms with van der Waals surface area (Å²) in [5.41, 5.74) is -0.121. The van der Waals surface area contributed by atoms with E-state index >= 15 is 0 Å². The number of hydrogen-bond donors (Lipinski definition) is 1. The summed E-state index contributed by atoms with van der Waals surface area (Å²) >= 11 is 5.71. The Morgan fingerprint density at radius 1 is 1.56 bits per heavy atom. The number of benzene rings is 1. The molecule has 0 saturated carbocycles. The zero-order valence-electron chi connectivity index (χ0n) is 8.50. The van der Waals surface area contributed by atoms with Crippen molar-refractivity contribution < 1.29 is 23.8 Å². The van der Waals surface area contributed by atoms with Crippen LogP contribution in [0.15, 0.2) is 12.1 Å². The van der Waals surface area contributed by atoms with Gasteiger partial charge in [0.05, 0.1) is 7.11 Å². The van der Waals surface area contributed by atoms with Gasteiger partial charge in [0.2, 0.25) is 0 Å². The number of carboxylic acids is 1. The summed E-state index contributed by atoms with van der Waals surface area (Å²) in [5, 5.41) is 9.09. The average Bonchev–Trinajstić information content (AvgIpc) is 2.25. The summed E-state index contributed by atoms with van der Waals surface area (Å²) in [6, 6.07) is 2.62. The van der Waals surface area contributed by atoms with Crippen LogP contribution >= 0.6 is 11.6 Å². The molecule has 0 unspecified atom stereocenters. The lowest BCUT2D eigenvalue weighted by atomic mass is 10.2. The lowest BCUT2D eigenvalue weighted by Crippen LogP contribution is -2.05. The fourth-order valence-corrected chi connectivity index (χ4v) is 1.40. The molecular weight excluding hydrogens is 239 g/mol. The maximum atomic E-state index is 12.0. The van der Waals surface area contributed by atoms with Crippen molar-refractivity contribution in [1.29, 1.82) is 0 Å². The van der Waals surface area contributed by atoms with E-state index in [1.165, 1.54) is 19.2 Å². The first-order valence-electron chi connectivity index (χ1n) is 4.39. The number of alkyl halides is 1. The molecule has 0 aliphatic heterocycles. The summed E-state index contributed by atoms with van der Waals surface area (Å²) in [6.07, 6.45) is 0. The molecule has 1 aromatic carbocycles. The van der Waals surface area contributed by atoms with Crippen molar-refractivity contribution in [3.63, 3.8) is 0 Å². The van der Waals surface area contributed by atoms with E-state index in [0.29, 0.717) is 0 Å². The highest BCUT2D eigenvalue weighted by molar-refractivity contribution is 6.31. The quantitative estimate of drug-likeness (QED) is 0.869. The van der Waals surface area contributed by atoms with Crippen LogP contribution in [0.1, 0.15) is 10.4 Å². The first-order valence-corrected chi connectivity index (χ1v) is 4.77. The molecule has 1 aromatic rings. The third-order valence-electron chi connectivity index (χ3n) is 1.79. The van der Waals surface area contributed by atoms with Gasteiger partial charge >= 0.3 is 5.97 Å². The number of ether oxygens (including phenoxy) is 2. The molecule has 4 nitrogen and oxygen atoms in total. The molecule has 1 N–H and O–H groups in total. The van der Waals surface area contributed by atoms with Crippen LogP contribution in [0.3, 0.4) is 0 Å². The van der Waals surface area contributed by atoms with E-state index in [1.54, 1.807) is 0 Å². The minimum Gasteiger partial charge on any atom is -0.492 e. The van der Waals surface area contributed by atoms with E-state index in [9.17, 15) is 9.18 Å².